The van der Waals surface area contributed by atoms with E-state index in [2.05, 4.69) is 0 Å². The summed E-state index contributed by atoms with van der Waals surface area (Å²) in [6.07, 6.45) is 0. The molecule has 38 heavy (non-hydrogen) atoms. The van der Waals surface area contributed by atoms with E-state index >= 15 is 0 Å². The van der Waals surface area contributed by atoms with E-state index in [0.29, 0.717) is 0 Å². The lowest BCUT2D eigenvalue weighted by molar-refractivity contribution is -0.301. The van der Waals surface area contributed by atoms with Crippen LogP contribution >= 0.6 is 0 Å². The maximum absolute atomic E-state index is 13.5. The van der Waals surface area contributed by atoms with Gasteiger partial charge < -0.3 is 9.47 Å². The zero-order valence-corrected chi connectivity index (χ0v) is 22.5. The van der Waals surface area contributed by atoms with Crippen LogP contribution in [0.5, 0.6) is 0 Å². The first-order chi connectivity index (χ1) is 17.6. The first-order valence-electron chi connectivity index (χ1n) is 11.4. The molecule has 0 aliphatic heterocycles. The molecule has 0 fully saturated rings. The lowest BCUT2D eigenvalue weighted by Gasteiger charge is -2.19. The zero-order chi connectivity index (χ0) is 28.8. The number of esters is 2. The van der Waals surface area contributed by atoms with Crippen LogP contribution in [0.4, 0.5) is 0 Å². The smallest absolute Gasteiger partial charge is 0.374 e. The highest BCUT2D eigenvalue weighted by molar-refractivity contribution is 6.20. The zero-order valence-electron chi connectivity index (χ0n) is 22.5. The van der Waals surface area contributed by atoms with Crippen molar-refractivity contribution in [2.75, 3.05) is 14.2 Å². The average molecular weight is 531 g/mol. The van der Waals surface area contributed by atoms with Gasteiger partial charge in [0.15, 0.2) is 5.78 Å². The second kappa shape index (κ2) is 12.0. The molecule has 0 aliphatic carbocycles. The number of rotatable bonds is 8. The van der Waals surface area contributed by atoms with Crippen LogP contribution < -0.4 is 0 Å². The molecule has 204 valence electrons. The molecule has 0 unspecified atom stereocenters. The van der Waals surface area contributed by atoms with Crippen molar-refractivity contribution in [1.29, 1.82) is 0 Å². The summed E-state index contributed by atoms with van der Waals surface area (Å²) in [5.74, 6) is -4.92. The van der Waals surface area contributed by atoms with Crippen LogP contribution in [0.15, 0.2) is 36.4 Å². The number of carbonyl (C=O) groups is 5. The summed E-state index contributed by atoms with van der Waals surface area (Å²) < 4.78 is 9.54. The molecule has 2 aromatic rings. The Kier molecular flexibility index (Phi) is 9.49. The summed E-state index contributed by atoms with van der Waals surface area (Å²) in [6.45, 7) is 9.86. The molecule has 11 nitrogen and oxygen atoms in total. The Bertz CT molecular complexity index is 1250. The quantitative estimate of drug-likeness (QED) is 0.209. The van der Waals surface area contributed by atoms with Gasteiger partial charge >= 0.3 is 23.9 Å². The summed E-state index contributed by atoms with van der Waals surface area (Å²) in [6, 6.07) is 7.74. The van der Waals surface area contributed by atoms with Gasteiger partial charge in [0.05, 0.1) is 36.5 Å². The van der Waals surface area contributed by atoms with Gasteiger partial charge in [0, 0.05) is 11.1 Å². The summed E-state index contributed by atoms with van der Waals surface area (Å²) in [7, 11) is 2.11. The molecule has 0 spiro atoms. The van der Waals surface area contributed by atoms with Crippen molar-refractivity contribution in [1.82, 2.24) is 0 Å². The number of ketones is 1. The fourth-order valence-corrected chi connectivity index (χ4v) is 2.96. The van der Waals surface area contributed by atoms with Gasteiger partial charge in [0.1, 0.15) is 11.2 Å². The van der Waals surface area contributed by atoms with E-state index in [1.165, 1.54) is 24.3 Å². The second-order valence-corrected chi connectivity index (χ2v) is 9.94. The highest BCUT2D eigenvalue weighted by Crippen LogP contribution is 2.26. The molecule has 0 bridgehead atoms. The van der Waals surface area contributed by atoms with E-state index in [4.69, 9.17) is 29.0 Å². The molecule has 0 saturated carbocycles. The Hall–Kier alpha value is -4.09. The lowest BCUT2D eigenvalue weighted by Crippen LogP contribution is -2.26. The Morgan fingerprint density at radius 1 is 0.579 bits per heavy atom. The van der Waals surface area contributed by atoms with Gasteiger partial charge in [-0.15, -0.1) is 0 Å². The van der Waals surface area contributed by atoms with E-state index < -0.39 is 52.0 Å². The van der Waals surface area contributed by atoms with Gasteiger partial charge in [-0.25, -0.2) is 19.2 Å². The molecule has 0 heterocycles. The van der Waals surface area contributed by atoms with Crippen LogP contribution in [0, 0.1) is 0 Å². The van der Waals surface area contributed by atoms with E-state index in [0.717, 1.165) is 26.4 Å². The van der Waals surface area contributed by atoms with Crippen molar-refractivity contribution in [3.63, 3.8) is 0 Å². The molecule has 0 atom stereocenters. The summed E-state index contributed by atoms with van der Waals surface area (Å²) in [4.78, 5) is 84.0. The highest BCUT2D eigenvalue weighted by atomic mass is 17.2. The molecule has 11 heteroatoms. The minimum Gasteiger partial charge on any atom is -0.465 e. The number of ether oxygens (including phenoxy) is 2. The summed E-state index contributed by atoms with van der Waals surface area (Å²) in [5.41, 5.74) is -3.53. The predicted molar refractivity (Wildman–Crippen MR) is 132 cm³/mol. The maximum atomic E-state index is 13.5. The van der Waals surface area contributed by atoms with E-state index in [-0.39, 0.29) is 22.3 Å². The van der Waals surface area contributed by atoms with Crippen molar-refractivity contribution in [2.24, 2.45) is 0 Å². The van der Waals surface area contributed by atoms with Crippen molar-refractivity contribution < 1.29 is 53.0 Å². The number of hydrogen-bond acceptors (Lipinski definition) is 11. The van der Waals surface area contributed by atoms with Crippen molar-refractivity contribution in [3.8, 4) is 0 Å². The third-order valence-electron chi connectivity index (χ3n) is 4.54. The Balaban J connectivity index is 2.64. The van der Waals surface area contributed by atoms with Crippen LogP contribution in [0.25, 0.3) is 0 Å². The van der Waals surface area contributed by atoms with Crippen molar-refractivity contribution in [3.05, 3.63) is 69.8 Å². The van der Waals surface area contributed by atoms with Crippen LogP contribution in [0.3, 0.4) is 0 Å². The molecule has 0 aliphatic rings. The monoisotopic (exact) mass is 530 g/mol. The van der Waals surface area contributed by atoms with Crippen LogP contribution in [0.1, 0.15) is 98.9 Å². The van der Waals surface area contributed by atoms with Gasteiger partial charge in [-0.2, -0.15) is 9.78 Å². The molecule has 0 N–H and O–H groups in total. The summed E-state index contributed by atoms with van der Waals surface area (Å²) >= 11 is 0. The number of methoxy groups -OCH3 is 2. The Morgan fingerprint density at radius 2 is 1.05 bits per heavy atom. The number of carbonyl (C=O) groups excluding carboxylic acids is 5. The maximum Gasteiger partial charge on any atom is 0.374 e. The highest BCUT2D eigenvalue weighted by Gasteiger charge is 2.33. The Labute approximate surface area is 219 Å². The van der Waals surface area contributed by atoms with Crippen LogP contribution in [-0.4, -0.2) is 55.1 Å². The fourth-order valence-electron chi connectivity index (χ4n) is 2.96. The van der Waals surface area contributed by atoms with Crippen LogP contribution in [-0.2, 0) is 29.0 Å². The topological polar surface area (TPSA) is 141 Å². The minimum absolute atomic E-state index is 0.0101. The first kappa shape index (κ1) is 30.1. The number of hydrogen-bond donors (Lipinski definition) is 0. The Morgan fingerprint density at radius 3 is 1.58 bits per heavy atom. The van der Waals surface area contributed by atoms with Crippen LogP contribution in [0.2, 0.25) is 0 Å². The predicted octanol–water partition coefficient (Wildman–Crippen LogP) is 4.26. The minimum atomic E-state index is -1.23. The fraction of sp³-hybridized carbons (Fsp3) is 0.370. The van der Waals surface area contributed by atoms with Gasteiger partial charge in [0.2, 0.25) is 0 Å². The molecule has 0 radical (unpaired) electrons. The van der Waals surface area contributed by atoms with E-state index in [1.54, 1.807) is 41.5 Å². The van der Waals surface area contributed by atoms with Gasteiger partial charge in [-0.05, 0) is 65.8 Å². The van der Waals surface area contributed by atoms with Gasteiger partial charge in [-0.1, -0.05) is 12.1 Å². The molecule has 0 aromatic heterocycles. The first-order valence-corrected chi connectivity index (χ1v) is 11.4. The van der Waals surface area contributed by atoms with Gasteiger partial charge in [-0.3, -0.25) is 14.6 Å². The largest absolute Gasteiger partial charge is 0.465 e. The third-order valence-corrected chi connectivity index (χ3v) is 4.54. The second-order valence-electron chi connectivity index (χ2n) is 9.94. The van der Waals surface area contributed by atoms with Crippen molar-refractivity contribution >= 4 is 29.7 Å². The number of benzene rings is 2. The summed E-state index contributed by atoms with van der Waals surface area (Å²) in [5, 5.41) is 0. The SMILES string of the molecule is COC(=O)c1ccc(C(=O)c2cccc(C(=O)OOC(C)(C)C)c2)c(C(=O)OC)c1C(=O)OOC(C)(C)C. The molecule has 0 amide bonds. The lowest BCUT2D eigenvalue weighted by atomic mass is 9.90. The molecular weight excluding hydrogens is 500 g/mol. The normalized spacial score (nSPS) is 11.4. The standard InChI is InChI=1S/C27H30O11/c1-26(2,3)37-35-22(29)16-11-9-10-15(14-16)21(28)17-12-13-18(23(30)33-7)20(19(17)24(31)34-8)25(32)36-38-27(4,5)6/h9-14H,1-8H3. The molecule has 2 rings (SSSR count). The molecule has 0 saturated heterocycles. The van der Waals surface area contributed by atoms with Gasteiger partial charge in [0.25, 0.3) is 0 Å². The van der Waals surface area contributed by atoms with E-state index in [1.807, 2.05) is 0 Å². The third kappa shape index (κ3) is 7.70. The van der Waals surface area contributed by atoms with Crippen molar-refractivity contribution in [2.45, 2.75) is 52.7 Å². The molecule has 2 aromatic carbocycles. The van der Waals surface area contributed by atoms with E-state index in [9.17, 15) is 24.0 Å². The average Bonchev–Trinajstić information content (AvgIpc) is 2.87. The molecular formula is C27H30O11.